The fourth-order valence-electron chi connectivity index (χ4n) is 5.19. The molecule has 7 heteroatoms. The lowest BCUT2D eigenvalue weighted by Crippen LogP contribution is -2.40. The molecule has 1 saturated heterocycles. The first-order valence-electron chi connectivity index (χ1n) is 13.1. The summed E-state index contributed by atoms with van der Waals surface area (Å²) in [5.74, 6) is 1.41. The summed E-state index contributed by atoms with van der Waals surface area (Å²) in [7, 11) is 0. The van der Waals surface area contributed by atoms with Crippen LogP contribution in [0.2, 0.25) is 0 Å². The van der Waals surface area contributed by atoms with Crippen LogP contribution >= 0.6 is 0 Å². The monoisotopic (exact) mass is 502 g/mol. The molecule has 3 aromatic rings. The van der Waals surface area contributed by atoms with E-state index in [9.17, 15) is 9.59 Å². The van der Waals surface area contributed by atoms with Gasteiger partial charge in [-0.2, -0.15) is 0 Å². The summed E-state index contributed by atoms with van der Waals surface area (Å²) in [5, 5.41) is 2.87. The molecule has 0 spiro atoms. The number of hydrogen-bond acceptors (Lipinski definition) is 5. The molecule has 1 aromatic heterocycles. The molecule has 0 aliphatic carbocycles. The highest BCUT2D eigenvalue weighted by atomic mass is 16.5. The molecule has 2 aliphatic heterocycles. The minimum Gasteiger partial charge on any atom is -0.486 e. The first kappa shape index (κ1) is 25.1. The van der Waals surface area contributed by atoms with Crippen molar-refractivity contribution in [2.75, 3.05) is 19.7 Å². The van der Waals surface area contributed by atoms with Gasteiger partial charge in [-0.3, -0.25) is 9.59 Å². The zero-order valence-electron chi connectivity index (χ0n) is 21.5. The van der Waals surface area contributed by atoms with Crippen molar-refractivity contribution in [3.63, 3.8) is 0 Å². The summed E-state index contributed by atoms with van der Waals surface area (Å²) in [5.41, 5.74) is 4.57. The quantitative estimate of drug-likeness (QED) is 0.471. The summed E-state index contributed by atoms with van der Waals surface area (Å²) in [6.45, 7) is 6.11. The van der Waals surface area contributed by atoms with Gasteiger partial charge in [0, 0.05) is 26.1 Å². The van der Waals surface area contributed by atoms with Gasteiger partial charge in [0.25, 0.3) is 5.91 Å². The van der Waals surface area contributed by atoms with E-state index >= 15 is 0 Å². The largest absolute Gasteiger partial charge is 0.486 e. The van der Waals surface area contributed by atoms with Crippen molar-refractivity contribution in [2.24, 2.45) is 0 Å². The molecule has 1 N–H and O–H groups in total. The van der Waals surface area contributed by atoms with E-state index in [0.29, 0.717) is 31.0 Å². The van der Waals surface area contributed by atoms with Crippen molar-refractivity contribution < 1.29 is 23.5 Å². The normalized spacial score (nSPS) is 18.9. The first-order chi connectivity index (χ1) is 18.0. The zero-order chi connectivity index (χ0) is 25.8. The number of nitrogens with one attached hydrogen (secondary N) is 1. The maximum Gasteiger partial charge on any atom is 0.287 e. The van der Waals surface area contributed by atoms with Crippen LogP contribution in [0.1, 0.15) is 70.8 Å². The number of amides is 2. The van der Waals surface area contributed by atoms with Gasteiger partial charge in [-0.15, -0.1) is 0 Å². The van der Waals surface area contributed by atoms with Gasteiger partial charge >= 0.3 is 0 Å². The maximum absolute atomic E-state index is 12.9. The van der Waals surface area contributed by atoms with Crippen LogP contribution in [-0.4, -0.2) is 42.5 Å². The molecule has 0 radical (unpaired) electrons. The lowest BCUT2D eigenvalue weighted by molar-refractivity contribution is -0.132. The Hall–Kier alpha value is -3.58. The minimum absolute atomic E-state index is 0.0814. The van der Waals surface area contributed by atoms with Gasteiger partial charge in [-0.1, -0.05) is 42.8 Å². The molecular weight excluding hydrogens is 468 g/mol. The summed E-state index contributed by atoms with van der Waals surface area (Å²) in [4.78, 5) is 27.3. The van der Waals surface area contributed by atoms with E-state index in [1.807, 2.05) is 30.0 Å². The summed E-state index contributed by atoms with van der Waals surface area (Å²) >= 11 is 0. The van der Waals surface area contributed by atoms with Gasteiger partial charge in [0.05, 0.1) is 12.1 Å². The van der Waals surface area contributed by atoms with Crippen molar-refractivity contribution in [1.29, 1.82) is 0 Å². The van der Waals surface area contributed by atoms with E-state index in [1.165, 1.54) is 5.56 Å². The molecule has 7 nitrogen and oxygen atoms in total. The Morgan fingerprint density at radius 1 is 1.14 bits per heavy atom. The molecular formula is C30H34N2O5. The Bertz CT molecular complexity index is 1260. The number of furan rings is 1. The number of nitrogens with zero attached hydrogens (tertiary/aromatic N) is 1. The zero-order valence-corrected chi connectivity index (χ0v) is 21.5. The predicted molar refractivity (Wildman–Crippen MR) is 140 cm³/mol. The molecule has 2 amide bonds. The summed E-state index contributed by atoms with van der Waals surface area (Å²) < 4.78 is 17.4. The Labute approximate surface area is 217 Å². The second kappa shape index (κ2) is 11.2. The Balaban J connectivity index is 1.30. The van der Waals surface area contributed by atoms with Gasteiger partial charge in [0.1, 0.15) is 18.1 Å². The molecule has 194 valence electrons. The van der Waals surface area contributed by atoms with Crippen LogP contribution in [0.3, 0.4) is 0 Å². The van der Waals surface area contributed by atoms with Crippen LogP contribution in [0.4, 0.5) is 0 Å². The number of ether oxygens (including phenoxy) is 2. The number of benzene rings is 2. The molecule has 5 rings (SSSR count). The molecule has 37 heavy (non-hydrogen) atoms. The third kappa shape index (κ3) is 5.72. The van der Waals surface area contributed by atoms with Crippen molar-refractivity contribution in [3.05, 3.63) is 88.4 Å². The summed E-state index contributed by atoms with van der Waals surface area (Å²) in [6, 6.07) is 17.7. The molecule has 2 aromatic carbocycles. The number of rotatable bonds is 8. The smallest absolute Gasteiger partial charge is 0.287 e. The Kier molecular flexibility index (Phi) is 7.60. The number of carbonyl (C=O) groups is 2. The lowest BCUT2D eigenvalue weighted by atomic mass is 9.87. The number of aryl methyl sites for hydroxylation is 1. The average molecular weight is 503 g/mol. The fourth-order valence-corrected chi connectivity index (χ4v) is 5.19. The number of fused-ring (bicyclic) bond motifs is 1. The van der Waals surface area contributed by atoms with Crippen LogP contribution in [0.25, 0.3) is 0 Å². The standard InChI is InChI=1S/C30H34N2O5/c1-3-28(33)32-14-13-21-9-10-23(17-26(21)29(32)22-7-4-6-20(2)16-22)36-19-25-11-12-27(37-25)30(34)31-18-24-8-5-15-35-24/h4,6-7,9-12,16-17,24,29H,3,5,8,13-15,18-19H2,1-2H3,(H,31,34)/t24-,29+/m0/s1. The van der Waals surface area contributed by atoms with Crippen LogP contribution in [0, 0.1) is 6.92 Å². The molecule has 0 saturated carbocycles. The van der Waals surface area contributed by atoms with E-state index in [0.717, 1.165) is 42.6 Å². The number of hydrogen-bond donors (Lipinski definition) is 1. The van der Waals surface area contributed by atoms with Crippen LogP contribution in [0.15, 0.2) is 59.0 Å². The van der Waals surface area contributed by atoms with E-state index in [2.05, 4.69) is 36.5 Å². The topological polar surface area (TPSA) is 81.0 Å². The lowest BCUT2D eigenvalue weighted by Gasteiger charge is -2.38. The van der Waals surface area contributed by atoms with Crippen molar-refractivity contribution in [3.8, 4) is 5.75 Å². The third-order valence-electron chi connectivity index (χ3n) is 7.11. The van der Waals surface area contributed by atoms with E-state index in [4.69, 9.17) is 13.9 Å². The predicted octanol–water partition coefficient (Wildman–Crippen LogP) is 4.96. The van der Waals surface area contributed by atoms with Gasteiger partial charge in [-0.05, 0) is 67.1 Å². The van der Waals surface area contributed by atoms with E-state index in [1.54, 1.807) is 12.1 Å². The Morgan fingerprint density at radius 2 is 2.03 bits per heavy atom. The molecule has 2 atom stereocenters. The molecule has 1 fully saturated rings. The Morgan fingerprint density at radius 3 is 2.81 bits per heavy atom. The van der Waals surface area contributed by atoms with Gasteiger partial charge in [0.15, 0.2) is 5.76 Å². The van der Waals surface area contributed by atoms with Gasteiger partial charge < -0.3 is 24.1 Å². The third-order valence-corrected chi connectivity index (χ3v) is 7.11. The molecule has 3 heterocycles. The van der Waals surface area contributed by atoms with Crippen molar-refractivity contribution in [1.82, 2.24) is 10.2 Å². The first-order valence-corrected chi connectivity index (χ1v) is 13.1. The van der Waals surface area contributed by atoms with Crippen LogP contribution in [0.5, 0.6) is 5.75 Å². The van der Waals surface area contributed by atoms with E-state index < -0.39 is 0 Å². The van der Waals surface area contributed by atoms with E-state index in [-0.39, 0.29) is 36.3 Å². The van der Waals surface area contributed by atoms with Crippen molar-refractivity contribution in [2.45, 2.75) is 58.3 Å². The highest BCUT2D eigenvalue weighted by Crippen LogP contribution is 2.38. The molecule has 2 aliphatic rings. The molecule has 0 unspecified atom stereocenters. The van der Waals surface area contributed by atoms with Crippen LogP contribution in [-0.2, 0) is 22.6 Å². The van der Waals surface area contributed by atoms with Gasteiger partial charge in [0.2, 0.25) is 5.91 Å². The second-order valence-corrected chi connectivity index (χ2v) is 9.77. The fraction of sp³-hybridized carbons (Fsp3) is 0.400. The SMILES string of the molecule is CCC(=O)N1CCc2ccc(OCc3ccc(C(=O)NC[C@@H]4CCCO4)o3)cc2[C@H]1c1cccc(C)c1. The maximum atomic E-state index is 12.9. The average Bonchev–Trinajstić information content (AvgIpc) is 3.62. The minimum atomic E-state index is -0.253. The molecule has 0 bridgehead atoms. The highest BCUT2D eigenvalue weighted by Gasteiger charge is 2.31. The van der Waals surface area contributed by atoms with Crippen LogP contribution < -0.4 is 10.1 Å². The van der Waals surface area contributed by atoms with Gasteiger partial charge in [-0.25, -0.2) is 0 Å². The summed E-state index contributed by atoms with van der Waals surface area (Å²) in [6.07, 6.45) is 3.36. The second-order valence-electron chi connectivity index (χ2n) is 9.77. The number of carbonyl (C=O) groups excluding carboxylic acids is 2. The highest BCUT2D eigenvalue weighted by molar-refractivity contribution is 5.91. The van der Waals surface area contributed by atoms with Crippen molar-refractivity contribution >= 4 is 11.8 Å².